The summed E-state index contributed by atoms with van der Waals surface area (Å²) in [6, 6.07) is 9.77. The van der Waals surface area contributed by atoms with Gasteiger partial charge in [0.2, 0.25) is 0 Å². The number of rotatable bonds is 4. The van der Waals surface area contributed by atoms with Crippen molar-refractivity contribution >= 4 is 40.0 Å². The molecule has 0 unspecified atom stereocenters. The quantitative estimate of drug-likeness (QED) is 0.775. The zero-order valence-electron chi connectivity index (χ0n) is 15.2. The molecule has 0 aromatic heterocycles. The molecule has 0 atom stereocenters. The van der Waals surface area contributed by atoms with E-state index in [9.17, 15) is 9.59 Å². The Hall–Kier alpha value is -2.05. The highest BCUT2D eigenvalue weighted by Crippen LogP contribution is 2.36. The summed E-state index contributed by atoms with van der Waals surface area (Å²) >= 11 is 1.97. The Kier molecular flexibility index (Phi) is 4.63. The first-order chi connectivity index (χ1) is 12.6. The molecule has 1 fully saturated rings. The molecule has 136 valence electrons. The van der Waals surface area contributed by atoms with Crippen LogP contribution in [0.4, 0.5) is 5.69 Å². The minimum Gasteiger partial charge on any atom is -0.369 e. The fourth-order valence-electron chi connectivity index (χ4n) is 3.71. The van der Waals surface area contributed by atoms with E-state index in [1.807, 2.05) is 55.0 Å². The molecule has 2 aliphatic heterocycles. The number of imide groups is 1. The maximum absolute atomic E-state index is 13.0. The third-order valence-corrected chi connectivity index (χ3v) is 6.03. The number of hydrogen-bond donors (Lipinski definition) is 0. The van der Waals surface area contributed by atoms with Crippen molar-refractivity contribution < 1.29 is 9.59 Å². The molecule has 2 aliphatic rings. The van der Waals surface area contributed by atoms with Crippen molar-refractivity contribution in [1.82, 2.24) is 9.80 Å². The number of benzene rings is 2. The van der Waals surface area contributed by atoms with E-state index in [1.54, 1.807) is 0 Å². The molecular weight excluding hydrogens is 346 g/mol. The zero-order valence-corrected chi connectivity index (χ0v) is 16.0. The second-order valence-corrected chi connectivity index (χ2v) is 8.25. The van der Waals surface area contributed by atoms with Crippen LogP contribution < -0.4 is 4.90 Å². The maximum Gasteiger partial charge on any atom is 0.261 e. The number of amides is 2. The second-order valence-electron chi connectivity index (χ2n) is 7.03. The lowest BCUT2D eigenvalue weighted by molar-refractivity contribution is 0.0601. The molecule has 26 heavy (non-hydrogen) atoms. The van der Waals surface area contributed by atoms with Crippen LogP contribution in [0.1, 0.15) is 20.7 Å². The highest BCUT2D eigenvalue weighted by atomic mass is 32.2. The Labute approximate surface area is 157 Å². The highest BCUT2D eigenvalue weighted by molar-refractivity contribution is 7.99. The fourth-order valence-corrected chi connectivity index (χ4v) is 4.62. The molecule has 1 saturated heterocycles. The van der Waals surface area contributed by atoms with Gasteiger partial charge in [0.1, 0.15) is 0 Å². The van der Waals surface area contributed by atoms with Gasteiger partial charge in [0.15, 0.2) is 0 Å². The minimum absolute atomic E-state index is 0.179. The van der Waals surface area contributed by atoms with Gasteiger partial charge in [-0.25, -0.2) is 0 Å². The Morgan fingerprint density at radius 1 is 1.00 bits per heavy atom. The summed E-state index contributed by atoms with van der Waals surface area (Å²) in [6.07, 6.45) is 0. The summed E-state index contributed by atoms with van der Waals surface area (Å²) in [5.74, 6) is 1.86. The standard InChI is InChI=1S/C20H23N3O2S/c1-21(2)8-9-23-19(24)15-5-3-4-14-17(22-10-12-26-13-11-22)7-6-16(18(14)15)20(23)25/h3-7H,8-13H2,1-2H3. The van der Waals surface area contributed by atoms with Crippen molar-refractivity contribution in [2.45, 2.75) is 0 Å². The number of thioether (sulfide) groups is 1. The molecule has 2 aromatic rings. The predicted molar refractivity (Wildman–Crippen MR) is 107 cm³/mol. The topological polar surface area (TPSA) is 43.9 Å². The molecule has 4 rings (SSSR count). The van der Waals surface area contributed by atoms with Crippen molar-refractivity contribution in [3.8, 4) is 0 Å². The molecule has 2 heterocycles. The molecule has 5 nitrogen and oxygen atoms in total. The maximum atomic E-state index is 13.0. The van der Waals surface area contributed by atoms with Gasteiger partial charge in [-0.3, -0.25) is 14.5 Å². The van der Waals surface area contributed by atoms with Gasteiger partial charge >= 0.3 is 0 Å². The first-order valence-corrected chi connectivity index (χ1v) is 10.1. The Bertz CT molecular complexity index is 852. The Morgan fingerprint density at radius 2 is 1.69 bits per heavy atom. The van der Waals surface area contributed by atoms with E-state index < -0.39 is 0 Å². The molecule has 0 spiro atoms. The first-order valence-electron chi connectivity index (χ1n) is 8.97. The molecule has 0 radical (unpaired) electrons. The van der Waals surface area contributed by atoms with Gasteiger partial charge in [0, 0.05) is 65.3 Å². The average molecular weight is 369 g/mol. The van der Waals surface area contributed by atoms with Crippen LogP contribution in [-0.2, 0) is 0 Å². The fraction of sp³-hybridized carbons (Fsp3) is 0.400. The monoisotopic (exact) mass is 369 g/mol. The molecule has 0 aliphatic carbocycles. The van der Waals surface area contributed by atoms with E-state index in [-0.39, 0.29) is 11.8 Å². The van der Waals surface area contributed by atoms with E-state index in [2.05, 4.69) is 11.0 Å². The summed E-state index contributed by atoms with van der Waals surface area (Å²) in [5.41, 5.74) is 2.42. The Morgan fingerprint density at radius 3 is 2.38 bits per heavy atom. The van der Waals surface area contributed by atoms with Crippen molar-refractivity contribution in [3.63, 3.8) is 0 Å². The zero-order chi connectivity index (χ0) is 18.3. The van der Waals surface area contributed by atoms with Crippen molar-refractivity contribution in [2.24, 2.45) is 0 Å². The number of carbonyl (C=O) groups is 2. The molecule has 0 bridgehead atoms. The number of anilines is 1. The summed E-state index contributed by atoms with van der Waals surface area (Å²) in [4.78, 5) is 31.7. The number of hydrogen-bond acceptors (Lipinski definition) is 5. The molecule has 2 aromatic carbocycles. The van der Waals surface area contributed by atoms with E-state index in [0.29, 0.717) is 24.2 Å². The largest absolute Gasteiger partial charge is 0.369 e. The average Bonchev–Trinajstić information content (AvgIpc) is 2.66. The van der Waals surface area contributed by atoms with E-state index in [1.165, 1.54) is 4.90 Å². The SMILES string of the molecule is CN(C)CCN1C(=O)c2cccc3c(N4CCSCC4)ccc(c23)C1=O. The molecule has 0 N–H and O–H groups in total. The first kappa shape index (κ1) is 17.4. The highest BCUT2D eigenvalue weighted by Gasteiger charge is 2.33. The van der Waals surface area contributed by atoms with Gasteiger partial charge in [0.05, 0.1) is 0 Å². The van der Waals surface area contributed by atoms with Crippen molar-refractivity contribution in [3.05, 3.63) is 41.5 Å². The van der Waals surface area contributed by atoms with Gasteiger partial charge in [0.25, 0.3) is 11.8 Å². The normalized spacial score (nSPS) is 17.5. The summed E-state index contributed by atoms with van der Waals surface area (Å²) in [6.45, 7) is 3.07. The van der Waals surface area contributed by atoms with Crippen molar-refractivity contribution in [2.75, 3.05) is 56.7 Å². The van der Waals surface area contributed by atoms with Crippen LogP contribution in [0.3, 0.4) is 0 Å². The lowest BCUT2D eigenvalue weighted by Gasteiger charge is -2.32. The van der Waals surface area contributed by atoms with Gasteiger partial charge in [-0.1, -0.05) is 12.1 Å². The van der Waals surface area contributed by atoms with Crippen LogP contribution in [0.15, 0.2) is 30.3 Å². The number of nitrogens with zero attached hydrogens (tertiary/aromatic N) is 3. The molecule has 6 heteroatoms. The van der Waals surface area contributed by atoms with Crippen LogP contribution in [0.2, 0.25) is 0 Å². The van der Waals surface area contributed by atoms with Gasteiger partial charge < -0.3 is 9.80 Å². The summed E-state index contributed by atoms with van der Waals surface area (Å²) < 4.78 is 0. The molecular formula is C20H23N3O2S. The van der Waals surface area contributed by atoms with Crippen LogP contribution in [0, 0.1) is 0 Å². The van der Waals surface area contributed by atoms with E-state index >= 15 is 0 Å². The van der Waals surface area contributed by atoms with E-state index in [4.69, 9.17) is 0 Å². The van der Waals surface area contributed by atoms with E-state index in [0.717, 1.165) is 41.1 Å². The van der Waals surface area contributed by atoms with Crippen LogP contribution in [0.25, 0.3) is 10.8 Å². The third kappa shape index (κ3) is 2.87. The predicted octanol–water partition coefficient (Wildman–Crippen LogP) is 2.55. The van der Waals surface area contributed by atoms with Crippen LogP contribution in [0.5, 0.6) is 0 Å². The molecule has 2 amide bonds. The summed E-state index contributed by atoms with van der Waals surface area (Å²) in [5, 5.41) is 1.83. The second kappa shape index (κ2) is 6.93. The van der Waals surface area contributed by atoms with Gasteiger partial charge in [-0.2, -0.15) is 11.8 Å². The van der Waals surface area contributed by atoms with Gasteiger partial charge in [-0.15, -0.1) is 0 Å². The van der Waals surface area contributed by atoms with Gasteiger partial charge in [-0.05, 0) is 32.3 Å². The summed E-state index contributed by atoms with van der Waals surface area (Å²) in [7, 11) is 3.88. The van der Waals surface area contributed by atoms with Crippen molar-refractivity contribution in [1.29, 1.82) is 0 Å². The number of likely N-dealkylation sites (N-methyl/N-ethyl adjacent to an activating group) is 1. The third-order valence-electron chi connectivity index (χ3n) is 5.09. The Balaban J connectivity index is 1.81. The molecule has 0 saturated carbocycles. The smallest absolute Gasteiger partial charge is 0.261 e. The number of carbonyl (C=O) groups excluding carboxylic acids is 2. The van der Waals surface area contributed by atoms with Crippen LogP contribution >= 0.6 is 11.8 Å². The lowest BCUT2D eigenvalue weighted by Crippen LogP contribution is -2.43. The minimum atomic E-state index is -0.179. The van der Waals surface area contributed by atoms with Crippen LogP contribution in [-0.4, -0.2) is 73.4 Å². The lowest BCUT2D eigenvalue weighted by atomic mass is 9.92.